The van der Waals surface area contributed by atoms with Crippen molar-refractivity contribution >= 4 is 11.6 Å². The Labute approximate surface area is 108 Å². The van der Waals surface area contributed by atoms with Crippen molar-refractivity contribution in [1.82, 2.24) is 14.8 Å². The van der Waals surface area contributed by atoms with Crippen molar-refractivity contribution in [3.05, 3.63) is 29.0 Å². The molecule has 1 aromatic rings. The monoisotopic (exact) mass is 253 g/mol. The quantitative estimate of drug-likeness (QED) is 0.771. The lowest BCUT2D eigenvalue weighted by Gasteiger charge is -2.35. The molecule has 1 fully saturated rings. The van der Waals surface area contributed by atoms with Crippen LogP contribution in [0.5, 0.6) is 0 Å². The molecule has 0 aromatic carbocycles. The summed E-state index contributed by atoms with van der Waals surface area (Å²) in [6.45, 7) is 3.33. The summed E-state index contributed by atoms with van der Waals surface area (Å²) in [5.41, 5.74) is 1.25. The SMILES string of the molecule is CN(C)C1CCN(Cc2ccc(Cl)nc2)CC1. The van der Waals surface area contributed by atoms with Crippen LogP contribution in [0.2, 0.25) is 5.15 Å². The van der Waals surface area contributed by atoms with Crippen molar-refractivity contribution in [3.63, 3.8) is 0 Å². The smallest absolute Gasteiger partial charge is 0.129 e. The molecule has 0 amide bonds. The van der Waals surface area contributed by atoms with Crippen molar-refractivity contribution in [2.24, 2.45) is 0 Å². The molecule has 0 bridgehead atoms. The van der Waals surface area contributed by atoms with Crippen molar-refractivity contribution < 1.29 is 0 Å². The highest BCUT2D eigenvalue weighted by molar-refractivity contribution is 6.29. The first-order valence-electron chi connectivity index (χ1n) is 6.14. The highest BCUT2D eigenvalue weighted by Gasteiger charge is 2.20. The molecule has 0 unspecified atom stereocenters. The standard InChI is InChI=1S/C13H20ClN3/c1-16(2)12-5-7-17(8-6-12)10-11-3-4-13(14)15-9-11/h3-4,9,12H,5-8,10H2,1-2H3. The van der Waals surface area contributed by atoms with Gasteiger partial charge >= 0.3 is 0 Å². The van der Waals surface area contributed by atoms with Crippen LogP contribution < -0.4 is 0 Å². The van der Waals surface area contributed by atoms with Crippen LogP contribution in [0.15, 0.2) is 18.3 Å². The van der Waals surface area contributed by atoms with Crippen LogP contribution >= 0.6 is 11.6 Å². The molecule has 0 radical (unpaired) electrons. The zero-order valence-corrected chi connectivity index (χ0v) is 11.3. The Kier molecular flexibility index (Phi) is 4.37. The first kappa shape index (κ1) is 12.8. The fourth-order valence-electron chi connectivity index (χ4n) is 2.35. The molecule has 2 rings (SSSR count). The van der Waals surface area contributed by atoms with Gasteiger partial charge in [0.15, 0.2) is 0 Å². The van der Waals surface area contributed by atoms with Gasteiger partial charge in [-0.05, 0) is 51.7 Å². The van der Waals surface area contributed by atoms with E-state index < -0.39 is 0 Å². The third-order valence-electron chi connectivity index (χ3n) is 3.48. The van der Waals surface area contributed by atoms with Crippen molar-refractivity contribution in [1.29, 1.82) is 0 Å². The number of aromatic nitrogens is 1. The van der Waals surface area contributed by atoms with Crippen LogP contribution in [-0.2, 0) is 6.54 Å². The molecule has 0 aliphatic carbocycles. The fourth-order valence-corrected chi connectivity index (χ4v) is 2.46. The number of nitrogens with zero attached hydrogens (tertiary/aromatic N) is 3. The van der Waals surface area contributed by atoms with E-state index in [2.05, 4.69) is 34.9 Å². The van der Waals surface area contributed by atoms with Gasteiger partial charge in [0.1, 0.15) is 5.15 Å². The molecule has 0 spiro atoms. The van der Waals surface area contributed by atoms with E-state index in [1.807, 2.05) is 12.3 Å². The summed E-state index contributed by atoms with van der Waals surface area (Å²) in [7, 11) is 4.34. The zero-order valence-electron chi connectivity index (χ0n) is 10.6. The van der Waals surface area contributed by atoms with Crippen molar-refractivity contribution in [2.75, 3.05) is 27.2 Å². The maximum atomic E-state index is 5.78. The van der Waals surface area contributed by atoms with Crippen LogP contribution in [0, 0.1) is 0 Å². The summed E-state index contributed by atoms with van der Waals surface area (Å²) in [6.07, 6.45) is 4.39. The summed E-state index contributed by atoms with van der Waals surface area (Å²) in [5.74, 6) is 0. The number of halogens is 1. The van der Waals surface area contributed by atoms with E-state index in [9.17, 15) is 0 Å². The van der Waals surface area contributed by atoms with E-state index in [-0.39, 0.29) is 0 Å². The second-order valence-electron chi connectivity index (χ2n) is 4.96. The van der Waals surface area contributed by atoms with Gasteiger partial charge < -0.3 is 4.90 Å². The molecule has 1 aliphatic rings. The van der Waals surface area contributed by atoms with Gasteiger partial charge in [-0.2, -0.15) is 0 Å². The van der Waals surface area contributed by atoms with E-state index in [0.717, 1.165) is 12.6 Å². The highest BCUT2D eigenvalue weighted by atomic mass is 35.5. The molecule has 17 heavy (non-hydrogen) atoms. The topological polar surface area (TPSA) is 19.4 Å². The number of hydrogen-bond donors (Lipinski definition) is 0. The van der Waals surface area contributed by atoms with Crippen LogP contribution in [0.3, 0.4) is 0 Å². The third-order valence-corrected chi connectivity index (χ3v) is 3.71. The molecule has 1 aliphatic heterocycles. The van der Waals surface area contributed by atoms with Crippen molar-refractivity contribution in [2.45, 2.75) is 25.4 Å². The first-order chi connectivity index (χ1) is 8.15. The average Bonchev–Trinajstić information content (AvgIpc) is 2.33. The summed E-state index contributed by atoms with van der Waals surface area (Å²) >= 11 is 5.78. The van der Waals surface area contributed by atoms with E-state index in [1.165, 1.54) is 31.5 Å². The predicted molar refractivity (Wildman–Crippen MR) is 71.2 cm³/mol. The maximum absolute atomic E-state index is 5.78. The molecule has 1 aromatic heterocycles. The van der Waals surface area contributed by atoms with Gasteiger partial charge in [0.25, 0.3) is 0 Å². The van der Waals surface area contributed by atoms with Crippen LogP contribution in [-0.4, -0.2) is 48.0 Å². The molecular formula is C13H20ClN3. The molecule has 4 heteroatoms. The largest absolute Gasteiger partial charge is 0.306 e. The normalized spacial score (nSPS) is 18.8. The molecule has 0 atom stereocenters. The maximum Gasteiger partial charge on any atom is 0.129 e. The number of likely N-dealkylation sites (tertiary alicyclic amines) is 1. The Morgan fingerprint density at radius 2 is 2.06 bits per heavy atom. The molecule has 3 nitrogen and oxygen atoms in total. The third kappa shape index (κ3) is 3.66. The van der Waals surface area contributed by atoms with Gasteiger partial charge in [0.05, 0.1) is 0 Å². The number of hydrogen-bond acceptors (Lipinski definition) is 3. The van der Waals surface area contributed by atoms with E-state index >= 15 is 0 Å². The molecule has 0 saturated carbocycles. The van der Waals surface area contributed by atoms with E-state index in [1.54, 1.807) is 0 Å². The Bertz CT molecular complexity index is 342. The summed E-state index contributed by atoms with van der Waals surface area (Å²) in [6, 6.07) is 4.67. The molecule has 0 N–H and O–H groups in total. The van der Waals surface area contributed by atoms with Gasteiger partial charge in [-0.15, -0.1) is 0 Å². The average molecular weight is 254 g/mol. The lowest BCUT2D eigenvalue weighted by Crippen LogP contribution is -2.41. The van der Waals surface area contributed by atoms with Gasteiger partial charge in [-0.1, -0.05) is 17.7 Å². The van der Waals surface area contributed by atoms with Gasteiger partial charge in [-0.3, -0.25) is 4.90 Å². The molecule has 94 valence electrons. The van der Waals surface area contributed by atoms with E-state index in [4.69, 9.17) is 11.6 Å². The van der Waals surface area contributed by atoms with Crippen molar-refractivity contribution in [3.8, 4) is 0 Å². The molecule has 1 saturated heterocycles. The highest BCUT2D eigenvalue weighted by Crippen LogP contribution is 2.16. The Balaban J connectivity index is 1.84. The summed E-state index contributed by atoms with van der Waals surface area (Å²) in [5, 5.41) is 0.570. The predicted octanol–water partition coefficient (Wildman–Crippen LogP) is 2.26. The Morgan fingerprint density at radius 1 is 1.35 bits per heavy atom. The number of piperidine rings is 1. The Morgan fingerprint density at radius 3 is 2.59 bits per heavy atom. The van der Waals surface area contributed by atoms with Crippen LogP contribution in [0.25, 0.3) is 0 Å². The lowest BCUT2D eigenvalue weighted by molar-refractivity contribution is 0.140. The van der Waals surface area contributed by atoms with Gasteiger partial charge in [0, 0.05) is 18.8 Å². The van der Waals surface area contributed by atoms with Crippen LogP contribution in [0.4, 0.5) is 0 Å². The number of rotatable bonds is 3. The van der Waals surface area contributed by atoms with E-state index in [0.29, 0.717) is 5.15 Å². The second-order valence-corrected chi connectivity index (χ2v) is 5.35. The lowest BCUT2D eigenvalue weighted by atomic mass is 10.0. The van der Waals surface area contributed by atoms with Crippen LogP contribution in [0.1, 0.15) is 18.4 Å². The minimum Gasteiger partial charge on any atom is -0.306 e. The summed E-state index contributed by atoms with van der Waals surface area (Å²) < 4.78 is 0. The molecular weight excluding hydrogens is 234 g/mol. The Hall–Kier alpha value is -0.640. The minimum atomic E-state index is 0.570. The number of pyridine rings is 1. The zero-order chi connectivity index (χ0) is 12.3. The molecule has 2 heterocycles. The first-order valence-corrected chi connectivity index (χ1v) is 6.52. The summed E-state index contributed by atoms with van der Waals surface area (Å²) in [4.78, 5) is 8.94. The van der Waals surface area contributed by atoms with Gasteiger partial charge in [0.2, 0.25) is 0 Å². The second kappa shape index (κ2) is 5.80. The minimum absolute atomic E-state index is 0.570. The van der Waals surface area contributed by atoms with Gasteiger partial charge in [-0.25, -0.2) is 4.98 Å². The fraction of sp³-hybridized carbons (Fsp3) is 0.615.